The van der Waals surface area contributed by atoms with E-state index in [2.05, 4.69) is 43.0 Å². The molecule has 1 saturated heterocycles. The number of carbonyl (C=O) groups excluding carboxylic acids is 1. The number of aromatic nitrogens is 1. The van der Waals surface area contributed by atoms with E-state index in [1.807, 2.05) is 11.8 Å². The van der Waals surface area contributed by atoms with E-state index >= 15 is 0 Å². The van der Waals surface area contributed by atoms with Crippen molar-refractivity contribution in [1.29, 1.82) is 0 Å². The number of piperazine rings is 1. The largest absolute Gasteiger partial charge is 0.353 e. The molecule has 3 rings (SSSR count). The quantitative estimate of drug-likeness (QED) is 0.800. The molecular weight excluding hydrogens is 286 g/mol. The molecule has 4 heteroatoms. The van der Waals surface area contributed by atoms with Crippen molar-refractivity contribution in [2.45, 2.75) is 20.8 Å². The second-order valence-corrected chi connectivity index (χ2v) is 6.08. The average molecular weight is 309 g/mol. The maximum absolute atomic E-state index is 11.9. The van der Waals surface area contributed by atoms with Gasteiger partial charge >= 0.3 is 0 Å². The first-order valence-electron chi connectivity index (χ1n) is 8.13. The van der Waals surface area contributed by atoms with Crippen molar-refractivity contribution >= 4 is 22.6 Å². The monoisotopic (exact) mass is 309 g/mol. The number of anilines is 1. The fraction of sp³-hybridized carbons (Fsp3) is 0.368. The molecule has 1 aliphatic heterocycles. The molecule has 1 amide bonds. The van der Waals surface area contributed by atoms with Crippen LogP contribution < -0.4 is 4.90 Å². The Morgan fingerprint density at radius 2 is 1.87 bits per heavy atom. The van der Waals surface area contributed by atoms with Gasteiger partial charge < -0.3 is 9.80 Å². The van der Waals surface area contributed by atoms with Crippen molar-refractivity contribution in [3.8, 4) is 0 Å². The molecule has 1 aliphatic rings. The first-order valence-corrected chi connectivity index (χ1v) is 8.13. The van der Waals surface area contributed by atoms with Crippen LogP contribution in [0.25, 0.3) is 10.9 Å². The summed E-state index contributed by atoms with van der Waals surface area (Å²) in [6, 6.07) is 8.47. The van der Waals surface area contributed by atoms with E-state index in [9.17, 15) is 4.79 Å². The number of pyridine rings is 1. The standard InChI is InChI=1S/C19H23N3O/c1-4-6-18(23)22-11-9-21(10-12-22)17-13-15(3)16-8-5-7-14(2)19(16)20-17/h4-8,13H,9-12H2,1-3H3/b6-4+. The third-order valence-corrected chi connectivity index (χ3v) is 4.46. The summed E-state index contributed by atoms with van der Waals surface area (Å²) < 4.78 is 0. The van der Waals surface area contributed by atoms with Crippen LogP contribution in [0.4, 0.5) is 5.82 Å². The van der Waals surface area contributed by atoms with Gasteiger partial charge in [0.2, 0.25) is 5.91 Å². The number of rotatable bonds is 2. The molecule has 0 atom stereocenters. The number of para-hydroxylation sites is 1. The summed E-state index contributed by atoms with van der Waals surface area (Å²) in [7, 11) is 0. The van der Waals surface area contributed by atoms with E-state index in [0.29, 0.717) is 0 Å². The number of aryl methyl sites for hydroxylation is 2. The topological polar surface area (TPSA) is 36.4 Å². The van der Waals surface area contributed by atoms with Gasteiger partial charge in [-0.2, -0.15) is 0 Å². The molecule has 23 heavy (non-hydrogen) atoms. The van der Waals surface area contributed by atoms with Crippen LogP contribution >= 0.6 is 0 Å². The molecule has 2 aromatic rings. The van der Waals surface area contributed by atoms with Crippen molar-refractivity contribution in [1.82, 2.24) is 9.88 Å². The van der Waals surface area contributed by atoms with Crippen LogP contribution in [0.5, 0.6) is 0 Å². The van der Waals surface area contributed by atoms with Crippen molar-refractivity contribution in [2.24, 2.45) is 0 Å². The normalized spacial score (nSPS) is 15.6. The second-order valence-electron chi connectivity index (χ2n) is 6.08. The van der Waals surface area contributed by atoms with Gasteiger partial charge in [0.25, 0.3) is 0 Å². The summed E-state index contributed by atoms with van der Waals surface area (Å²) in [4.78, 5) is 21.0. The van der Waals surface area contributed by atoms with Crippen molar-refractivity contribution in [3.63, 3.8) is 0 Å². The summed E-state index contributed by atoms with van der Waals surface area (Å²) in [6.45, 7) is 9.26. The second kappa shape index (κ2) is 6.41. The number of fused-ring (bicyclic) bond motifs is 1. The Hall–Kier alpha value is -2.36. The lowest BCUT2D eigenvalue weighted by atomic mass is 10.1. The average Bonchev–Trinajstić information content (AvgIpc) is 2.56. The van der Waals surface area contributed by atoms with Crippen LogP contribution in [0.2, 0.25) is 0 Å². The third kappa shape index (κ3) is 3.07. The lowest BCUT2D eigenvalue weighted by Crippen LogP contribution is -2.48. The smallest absolute Gasteiger partial charge is 0.246 e. The van der Waals surface area contributed by atoms with E-state index in [0.717, 1.165) is 37.5 Å². The van der Waals surface area contributed by atoms with Crippen LogP contribution in [0, 0.1) is 13.8 Å². The van der Waals surface area contributed by atoms with Crippen molar-refractivity contribution in [2.75, 3.05) is 31.1 Å². The molecule has 1 aromatic carbocycles. The molecule has 0 unspecified atom stereocenters. The molecule has 0 aliphatic carbocycles. The number of carbonyl (C=O) groups is 1. The maximum Gasteiger partial charge on any atom is 0.246 e. The van der Waals surface area contributed by atoms with Gasteiger partial charge in [-0.3, -0.25) is 4.79 Å². The minimum atomic E-state index is 0.102. The zero-order chi connectivity index (χ0) is 16.4. The Bertz CT molecular complexity index is 759. The lowest BCUT2D eigenvalue weighted by molar-refractivity contribution is -0.126. The SMILES string of the molecule is C/C=C/C(=O)N1CCN(c2cc(C)c3cccc(C)c3n2)CC1. The third-order valence-electron chi connectivity index (χ3n) is 4.46. The molecule has 0 radical (unpaired) electrons. The zero-order valence-electron chi connectivity index (χ0n) is 14.0. The van der Waals surface area contributed by atoms with Crippen LogP contribution in [-0.4, -0.2) is 42.0 Å². The first-order chi connectivity index (χ1) is 11.1. The molecule has 0 bridgehead atoms. The summed E-state index contributed by atoms with van der Waals surface area (Å²) >= 11 is 0. The summed E-state index contributed by atoms with van der Waals surface area (Å²) in [6.07, 6.45) is 3.43. The highest BCUT2D eigenvalue weighted by molar-refractivity contribution is 5.88. The summed E-state index contributed by atoms with van der Waals surface area (Å²) in [5.74, 6) is 1.12. The highest BCUT2D eigenvalue weighted by Gasteiger charge is 2.21. The number of hydrogen-bond donors (Lipinski definition) is 0. The van der Waals surface area contributed by atoms with Crippen LogP contribution in [0.15, 0.2) is 36.4 Å². The van der Waals surface area contributed by atoms with Crippen molar-refractivity contribution < 1.29 is 4.79 Å². The summed E-state index contributed by atoms with van der Waals surface area (Å²) in [5.41, 5.74) is 3.53. The van der Waals surface area contributed by atoms with E-state index < -0.39 is 0 Å². The fourth-order valence-corrected chi connectivity index (χ4v) is 3.11. The Balaban J connectivity index is 1.82. The first kappa shape index (κ1) is 15.5. The molecule has 0 saturated carbocycles. The van der Waals surface area contributed by atoms with Gasteiger partial charge in [-0.05, 0) is 44.0 Å². The Morgan fingerprint density at radius 1 is 1.13 bits per heavy atom. The molecule has 120 valence electrons. The molecular formula is C19H23N3O. The van der Waals surface area contributed by atoms with Gasteiger partial charge in [-0.1, -0.05) is 24.3 Å². The maximum atomic E-state index is 11.9. The highest BCUT2D eigenvalue weighted by atomic mass is 16.2. The van der Waals surface area contributed by atoms with Gasteiger partial charge in [0, 0.05) is 31.6 Å². The van der Waals surface area contributed by atoms with Crippen molar-refractivity contribution in [3.05, 3.63) is 47.5 Å². The predicted molar refractivity (Wildman–Crippen MR) is 94.8 cm³/mol. The van der Waals surface area contributed by atoms with E-state index in [-0.39, 0.29) is 5.91 Å². The van der Waals surface area contributed by atoms with Gasteiger partial charge in [0.15, 0.2) is 0 Å². The minimum Gasteiger partial charge on any atom is -0.353 e. The predicted octanol–water partition coefficient (Wildman–Crippen LogP) is 3.08. The Labute approximate surface area is 137 Å². The fourth-order valence-electron chi connectivity index (χ4n) is 3.11. The van der Waals surface area contributed by atoms with E-state index in [1.165, 1.54) is 16.5 Å². The molecule has 4 nitrogen and oxygen atoms in total. The molecule has 1 aromatic heterocycles. The van der Waals surface area contributed by atoms with Gasteiger partial charge in [-0.25, -0.2) is 4.98 Å². The number of hydrogen-bond acceptors (Lipinski definition) is 3. The van der Waals surface area contributed by atoms with Crippen LogP contribution in [0.3, 0.4) is 0 Å². The van der Waals surface area contributed by atoms with E-state index in [4.69, 9.17) is 4.98 Å². The number of allylic oxidation sites excluding steroid dienone is 1. The molecule has 1 fully saturated rings. The van der Waals surface area contributed by atoms with Gasteiger partial charge in [0.1, 0.15) is 5.82 Å². The van der Waals surface area contributed by atoms with Gasteiger partial charge in [-0.15, -0.1) is 0 Å². The Kier molecular flexibility index (Phi) is 4.33. The summed E-state index contributed by atoms with van der Waals surface area (Å²) in [5, 5.41) is 1.22. The molecule has 0 spiro atoms. The number of amides is 1. The molecule has 2 heterocycles. The van der Waals surface area contributed by atoms with E-state index in [1.54, 1.807) is 12.2 Å². The Morgan fingerprint density at radius 3 is 2.57 bits per heavy atom. The number of nitrogens with zero attached hydrogens (tertiary/aromatic N) is 3. The molecule has 0 N–H and O–H groups in total. The van der Waals surface area contributed by atoms with Crippen LogP contribution in [-0.2, 0) is 4.79 Å². The van der Waals surface area contributed by atoms with Gasteiger partial charge in [0.05, 0.1) is 5.52 Å². The number of benzene rings is 1. The minimum absolute atomic E-state index is 0.102. The lowest BCUT2D eigenvalue weighted by Gasteiger charge is -2.35. The van der Waals surface area contributed by atoms with Crippen LogP contribution in [0.1, 0.15) is 18.1 Å². The highest BCUT2D eigenvalue weighted by Crippen LogP contribution is 2.25. The zero-order valence-corrected chi connectivity index (χ0v) is 14.0.